The molecule has 3 heteroatoms. The molecule has 0 saturated carbocycles. The summed E-state index contributed by atoms with van der Waals surface area (Å²) in [6.07, 6.45) is 2.03. The fourth-order valence-electron chi connectivity index (χ4n) is 2.12. The highest BCUT2D eigenvalue weighted by atomic mass is 32.1. The van der Waals surface area contributed by atoms with Gasteiger partial charge in [0, 0.05) is 11.3 Å². The van der Waals surface area contributed by atoms with Gasteiger partial charge in [-0.1, -0.05) is 25.1 Å². The largest absolute Gasteiger partial charge is 0.375 e. The van der Waals surface area contributed by atoms with Crippen LogP contribution >= 0.6 is 11.3 Å². The molecule has 90 valence electrons. The molecule has 2 N–H and O–H groups in total. The van der Waals surface area contributed by atoms with E-state index in [2.05, 4.69) is 37.0 Å². The maximum absolute atomic E-state index is 5.75. The lowest BCUT2D eigenvalue weighted by atomic mass is 9.96. The van der Waals surface area contributed by atoms with Crippen LogP contribution < -0.4 is 5.73 Å². The standard InChI is InChI=1S/C14H18N2S/c1-4-11-7-5-6-9(2)12(11)8-13-10(3)16-14(15)17-13/h5-7H,4,8H2,1-3H3,(H2,15,16). The lowest BCUT2D eigenvalue weighted by Crippen LogP contribution is -1.97. The molecule has 0 saturated heterocycles. The van der Waals surface area contributed by atoms with Crippen molar-refractivity contribution in [1.82, 2.24) is 4.98 Å². The molecule has 0 unspecified atom stereocenters. The molecule has 1 heterocycles. The van der Waals surface area contributed by atoms with Gasteiger partial charge >= 0.3 is 0 Å². The number of nitrogen functional groups attached to an aromatic ring is 1. The van der Waals surface area contributed by atoms with Crippen LogP contribution in [0.3, 0.4) is 0 Å². The highest BCUT2D eigenvalue weighted by Crippen LogP contribution is 2.26. The Morgan fingerprint density at radius 3 is 2.65 bits per heavy atom. The number of benzene rings is 1. The van der Waals surface area contributed by atoms with Crippen molar-refractivity contribution in [3.8, 4) is 0 Å². The summed E-state index contributed by atoms with van der Waals surface area (Å²) >= 11 is 1.60. The van der Waals surface area contributed by atoms with Gasteiger partial charge in [0.25, 0.3) is 0 Å². The van der Waals surface area contributed by atoms with Gasteiger partial charge in [0.05, 0.1) is 5.69 Å². The molecule has 0 bridgehead atoms. The summed E-state index contributed by atoms with van der Waals surface area (Å²) in [6, 6.07) is 6.52. The third-order valence-corrected chi connectivity index (χ3v) is 4.12. The van der Waals surface area contributed by atoms with Crippen molar-refractivity contribution in [3.05, 3.63) is 45.5 Å². The van der Waals surface area contributed by atoms with E-state index in [9.17, 15) is 0 Å². The van der Waals surface area contributed by atoms with Gasteiger partial charge in [-0.3, -0.25) is 0 Å². The number of nitrogens with zero attached hydrogens (tertiary/aromatic N) is 1. The molecule has 0 amide bonds. The SMILES string of the molecule is CCc1cccc(C)c1Cc1sc(N)nc1C. The van der Waals surface area contributed by atoms with E-state index < -0.39 is 0 Å². The molecule has 0 aliphatic carbocycles. The second kappa shape index (κ2) is 4.88. The van der Waals surface area contributed by atoms with Gasteiger partial charge in [-0.2, -0.15) is 0 Å². The van der Waals surface area contributed by atoms with Crippen LogP contribution in [0.5, 0.6) is 0 Å². The highest BCUT2D eigenvalue weighted by molar-refractivity contribution is 7.15. The summed E-state index contributed by atoms with van der Waals surface area (Å²) < 4.78 is 0. The summed E-state index contributed by atoms with van der Waals surface area (Å²) in [5.41, 5.74) is 11.0. The molecule has 0 radical (unpaired) electrons. The number of rotatable bonds is 3. The van der Waals surface area contributed by atoms with E-state index in [1.165, 1.54) is 21.6 Å². The van der Waals surface area contributed by atoms with Crippen LogP contribution in [0.25, 0.3) is 0 Å². The number of anilines is 1. The van der Waals surface area contributed by atoms with E-state index in [-0.39, 0.29) is 0 Å². The Hall–Kier alpha value is -1.35. The summed E-state index contributed by atoms with van der Waals surface area (Å²) in [5.74, 6) is 0. The van der Waals surface area contributed by atoms with E-state index in [1.54, 1.807) is 11.3 Å². The second-order valence-electron chi connectivity index (χ2n) is 4.30. The fourth-order valence-corrected chi connectivity index (χ4v) is 2.97. The average Bonchev–Trinajstić information content (AvgIpc) is 2.60. The van der Waals surface area contributed by atoms with E-state index in [4.69, 9.17) is 5.73 Å². The molecule has 0 atom stereocenters. The van der Waals surface area contributed by atoms with E-state index in [0.29, 0.717) is 5.13 Å². The van der Waals surface area contributed by atoms with Crippen molar-refractivity contribution in [1.29, 1.82) is 0 Å². The summed E-state index contributed by atoms with van der Waals surface area (Å²) in [6.45, 7) is 6.41. The van der Waals surface area contributed by atoms with Gasteiger partial charge in [-0.15, -0.1) is 11.3 Å². The number of nitrogens with two attached hydrogens (primary N) is 1. The van der Waals surface area contributed by atoms with Crippen LogP contribution in [0.1, 0.15) is 34.2 Å². The first-order chi connectivity index (χ1) is 8.11. The quantitative estimate of drug-likeness (QED) is 0.900. The highest BCUT2D eigenvalue weighted by Gasteiger charge is 2.10. The maximum atomic E-state index is 5.75. The minimum Gasteiger partial charge on any atom is -0.375 e. The number of aryl methyl sites for hydroxylation is 3. The van der Waals surface area contributed by atoms with Gasteiger partial charge < -0.3 is 5.73 Å². The summed E-state index contributed by atoms with van der Waals surface area (Å²) in [5, 5.41) is 0.670. The molecule has 2 nitrogen and oxygen atoms in total. The van der Waals surface area contributed by atoms with Crippen molar-refractivity contribution in [2.24, 2.45) is 0 Å². The Labute approximate surface area is 107 Å². The topological polar surface area (TPSA) is 38.9 Å². The molecule has 2 rings (SSSR count). The summed E-state index contributed by atoms with van der Waals surface area (Å²) in [7, 11) is 0. The third-order valence-electron chi connectivity index (χ3n) is 3.13. The lowest BCUT2D eigenvalue weighted by molar-refractivity contribution is 1.04. The van der Waals surface area contributed by atoms with E-state index in [0.717, 1.165) is 18.5 Å². The normalized spacial score (nSPS) is 10.8. The van der Waals surface area contributed by atoms with Crippen LogP contribution in [-0.4, -0.2) is 4.98 Å². The number of hydrogen-bond acceptors (Lipinski definition) is 3. The predicted molar refractivity (Wildman–Crippen MR) is 74.6 cm³/mol. The molecule has 17 heavy (non-hydrogen) atoms. The van der Waals surface area contributed by atoms with Crippen LogP contribution in [0, 0.1) is 13.8 Å². The first-order valence-corrected chi connectivity index (χ1v) is 6.72. The first-order valence-electron chi connectivity index (χ1n) is 5.91. The monoisotopic (exact) mass is 246 g/mol. The van der Waals surface area contributed by atoms with Crippen LogP contribution in [0.4, 0.5) is 5.13 Å². The molecule has 1 aromatic carbocycles. The second-order valence-corrected chi connectivity index (χ2v) is 5.42. The molecule has 0 aliphatic rings. The van der Waals surface area contributed by atoms with Crippen LogP contribution in [0.15, 0.2) is 18.2 Å². The molecule has 0 spiro atoms. The Morgan fingerprint density at radius 1 is 1.29 bits per heavy atom. The average molecular weight is 246 g/mol. The van der Waals surface area contributed by atoms with Crippen LogP contribution in [-0.2, 0) is 12.8 Å². The maximum Gasteiger partial charge on any atom is 0.180 e. The molecule has 1 aromatic heterocycles. The Balaban J connectivity index is 2.39. The number of thiazole rings is 1. The minimum absolute atomic E-state index is 0.670. The Bertz CT molecular complexity index is 529. The zero-order chi connectivity index (χ0) is 12.4. The van der Waals surface area contributed by atoms with Gasteiger partial charge in [0.2, 0.25) is 0 Å². The Morgan fingerprint density at radius 2 is 2.06 bits per heavy atom. The van der Waals surface area contributed by atoms with E-state index in [1.807, 2.05) is 6.92 Å². The minimum atomic E-state index is 0.670. The smallest absolute Gasteiger partial charge is 0.180 e. The van der Waals surface area contributed by atoms with Crippen molar-refractivity contribution in [2.45, 2.75) is 33.6 Å². The lowest BCUT2D eigenvalue weighted by Gasteiger charge is -2.10. The first kappa shape index (κ1) is 12.1. The number of hydrogen-bond donors (Lipinski definition) is 1. The van der Waals surface area contributed by atoms with Crippen LogP contribution in [0.2, 0.25) is 0 Å². The zero-order valence-electron chi connectivity index (χ0n) is 10.6. The summed E-state index contributed by atoms with van der Waals surface area (Å²) in [4.78, 5) is 5.57. The molecular weight excluding hydrogens is 228 g/mol. The Kier molecular flexibility index (Phi) is 3.48. The van der Waals surface area contributed by atoms with Gasteiger partial charge in [0.15, 0.2) is 5.13 Å². The van der Waals surface area contributed by atoms with Gasteiger partial charge in [-0.05, 0) is 37.0 Å². The van der Waals surface area contributed by atoms with Crippen molar-refractivity contribution >= 4 is 16.5 Å². The van der Waals surface area contributed by atoms with Crippen molar-refractivity contribution < 1.29 is 0 Å². The fraction of sp³-hybridized carbons (Fsp3) is 0.357. The number of aromatic nitrogens is 1. The van der Waals surface area contributed by atoms with Crippen molar-refractivity contribution in [3.63, 3.8) is 0 Å². The zero-order valence-corrected chi connectivity index (χ0v) is 11.4. The van der Waals surface area contributed by atoms with Gasteiger partial charge in [-0.25, -0.2) is 4.98 Å². The van der Waals surface area contributed by atoms with Crippen molar-refractivity contribution in [2.75, 3.05) is 5.73 Å². The van der Waals surface area contributed by atoms with Gasteiger partial charge in [0.1, 0.15) is 0 Å². The third kappa shape index (κ3) is 2.50. The van der Waals surface area contributed by atoms with E-state index >= 15 is 0 Å². The molecule has 0 fully saturated rings. The molecule has 2 aromatic rings. The molecular formula is C14H18N2S. The predicted octanol–water partition coefficient (Wildman–Crippen LogP) is 3.50. The molecule has 0 aliphatic heterocycles.